The van der Waals surface area contributed by atoms with Crippen molar-refractivity contribution in [2.45, 2.75) is 172 Å². The SMILES string of the molecule is BC12C(=O)c3c(OC(=O)c4ccc(O[C@@H]5O[C@@H]6COC(C)(C)O[C@H]6[C@@H](O)[C@H]5O)cc4)c4c(c(CC=C(C)C)c3OC13C1CC(C(=O)C3(C/C=C(/C)C(=O)OC)OC1(C)C)C2O)OC(C)(CCC=C(C)C)C=C4. The second-order valence-corrected chi connectivity index (χ2v) is 22.3. The molecule has 72 heavy (non-hydrogen) atoms. The number of rotatable bonds is 12. The fourth-order valence-electron chi connectivity index (χ4n) is 12.3. The van der Waals surface area contributed by atoms with Crippen molar-refractivity contribution in [3.05, 3.63) is 87.5 Å². The van der Waals surface area contributed by atoms with Crippen LogP contribution < -0.4 is 18.9 Å². The van der Waals surface area contributed by atoms with E-state index in [1.807, 2.05) is 60.6 Å². The Morgan fingerprint density at radius 2 is 1.60 bits per heavy atom. The average Bonchev–Trinajstić information content (AvgIpc) is 3.46. The van der Waals surface area contributed by atoms with Crippen LogP contribution in [0.3, 0.4) is 0 Å². The number of ketones is 2. The second-order valence-electron chi connectivity index (χ2n) is 22.3. The number of methoxy groups -OCH3 is 1. The number of aliphatic hydroxyl groups is 3. The Kier molecular flexibility index (Phi) is 13.0. The molecular formula is C55H67BO16. The summed E-state index contributed by atoms with van der Waals surface area (Å²) in [6.07, 6.45) is 3.59. The predicted octanol–water partition coefficient (Wildman–Crippen LogP) is 6.04. The van der Waals surface area contributed by atoms with Gasteiger partial charge in [-0.05, 0) is 131 Å². The maximum absolute atomic E-state index is 16.2. The molecule has 0 amide bonds. The van der Waals surface area contributed by atoms with Gasteiger partial charge in [-0.15, -0.1) is 0 Å². The van der Waals surface area contributed by atoms with Gasteiger partial charge in [0.2, 0.25) is 6.29 Å². The second kappa shape index (κ2) is 18.1. The molecular weight excluding hydrogens is 927 g/mol. The first-order chi connectivity index (χ1) is 33.7. The van der Waals surface area contributed by atoms with Gasteiger partial charge in [0.15, 0.2) is 34.3 Å². The molecule has 3 N–H and O–H groups in total. The van der Waals surface area contributed by atoms with Gasteiger partial charge >= 0.3 is 11.9 Å². The molecule has 5 heterocycles. The van der Waals surface area contributed by atoms with Gasteiger partial charge < -0.3 is 58.0 Å². The smallest absolute Gasteiger partial charge is 0.343 e. The Bertz CT molecular complexity index is 2710. The molecule has 0 aromatic heterocycles. The zero-order valence-electron chi connectivity index (χ0n) is 43.2. The van der Waals surface area contributed by atoms with Crippen LogP contribution in [0.1, 0.15) is 127 Å². The topological polar surface area (TPSA) is 212 Å². The maximum Gasteiger partial charge on any atom is 0.343 e. The van der Waals surface area contributed by atoms with E-state index in [0.717, 1.165) is 11.1 Å². The zero-order chi connectivity index (χ0) is 52.2. The number of carbonyl (C=O) groups excluding carboxylic acids is 4. The number of allylic oxidation sites excluding steroid dienone is 4. The van der Waals surface area contributed by atoms with Crippen LogP contribution >= 0.6 is 0 Å². The minimum atomic E-state index is -1.87. The lowest BCUT2D eigenvalue weighted by Gasteiger charge is -2.67. The number of benzene rings is 2. The van der Waals surface area contributed by atoms with Crippen molar-refractivity contribution in [1.29, 1.82) is 0 Å². The van der Waals surface area contributed by atoms with E-state index in [9.17, 15) is 24.9 Å². The standard InChI is InChI=1S/C55H67BO16/c1-27(2)13-12-22-52(10)23-21-33-40(70-52)32(19-14-28(3)4)42-37(41(33)68-48(63)30-15-17-31(18-16-30)66-49-39(58)38(57)43-35(67-49)26-65-51(8,9)69-43)46(61)54(56)45(60)34-25-36-50(6,7)72-53(44(34)59,55(36,54)71-42)24-20-29(5)47(62)64-11/h13-18,20-21,23,34-36,38-39,43,45,49,57-58,60H,12,19,22,24-26,56H2,1-11H3/b29-20-/t34?,35-,36?,38+,39-,43-,45?,49-,52?,53?,54?,55?/m1/s1. The summed E-state index contributed by atoms with van der Waals surface area (Å²) in [6.45, 7) is 18.7. The lowest BCUT2D eigenvalue weighted by molar-refractivity contribution is -0.373. The summed E-state index contributed by atoms with van der Waals surface area (Å²) in [4.78, 5) is 58.8. The highest BCUT2D eigenvalue weighted by Gasteiger charge is 2.89. The lowest BCUT2D eigenvalue weighted by atomic mass is 9.34. The molecule has 3 aliphatic carbocycles. The first-order valence-corrected chi connectivity index (χ1v) is 24.9. The van der Waals surface area contributed by atoms with E-state index in [-0.39, 0.29) is 59.8 Å². The Hall–Kier alpha value is -5.14. The van der Waals surface area contributed by atoms with E-state index in [4.69, 9.17) is 42.6 Å². The summed E-state index contributed by atoms with van der Waals surface area (Å²) in [6, 6.07) is 5.86. The van der Waals surface area contributed by atoms with Crippen molar-refractivity contribution in [1.82, 2.24) is 0 Å². The number of aliphatic hydroxyl groups excluding tert-OH is 3. The van der Waals surface area contributed by atoms with Crippen LogP contribution in [0, 0.1) is 11.8 Å². The van der Waals surface area contributed by atoms with Gasteiger partial charge in [0.25, 0.3) is 0 Å². The predicted molar refractivity (Wildman–Crippen MR) is 264 cm³/mol. The van der Waals surface area contributed by atoms with Gasteiger partial charge in [0.1, 0.15) is 60.7 Å². The molecule has 3 saturated carbocycles. The Balaban J connectivity index is 1.16. The van der Waals surface area contributed by atoms with E-state index in [0.29, 0.717) is 29.7 Å². The highest BCUT2D eigenvalue weighted by molar-refractivity contribution is 6.37. The average molecular weight is 995 g/mol. The molecule has 16 nitrogen and oxygen atoms in total. The summed E-state index contributed by atoms with van der Waals surface area (Å²) in [5.74, 6) is -4.74. The van der Waals surface area contributed by atoms with Crippen molar-refractivity contribution in [2.24, 2.45) is 11.8 Å². The number of hydrogen-bond donors (Lipinski definition) is 3. The van der Waals surface area contributed by atoms with E-state index in [1.165, 1.54) is 31.4 Å². The molecule has 2 aromatic rings. The molecule has 7 unspecified atom stereocenters. The molecule has 5 aliphatic heterocycles. The van der Waals surface area contributed by atoms with E-state index in [2.05, 4.69) is 6.08 Å². The van der Waals surface area contributed by atoms with E-state index < -0.39 is 106 Å². The lowest BCUT2D eigenvalue weighted by Crippen LogP contribution is -2.82. The molecule has 12 atom stereocenters. The summed E-state index contributed by atoms with van der Waals surface area (Å²) >= 11 is 0. The van der Waals surface area contributed by atoms with Crippen molar-refractivity contribution in [3.63, 3.8) is 0 Å². The largest absolute Gasteiger partial charge is 0.482 e. The molecule has 386 valence electrons. The quantitative estimate of drug-likeness (QED) is 0.0727. The van der Waals surface area contributed by atoms with Crippen LogP contribution in [-0.4, -0.2) is 125 Å². The first-order valence-electron chi connectivity index (χ1n) is 24.9. The summed E-state index contributed by atoms with van der Waals surface area (Å²) in [5.41, 5.74) is -2.56. The van der Waals surface area contributed by atoms with Gasteiger partial charge in [-0.25, -0.2) is 9.59 Å². The molecule has 8 aliphatic rings. The number of esters is 2. The number of Topliss-reactive ketones (excluding diaryl/α,β-unsaturated/α-hetero) is 2. The minimum Gasteiger partial charge on any atom is -0.482 e. The molecule has 0 radical (unpaired) electrons. The van der Waals surface area contributed by atoms with E-state index >= 15 is 9.59 Å². The van der Waals surface area contributed by atoms with Gasteiger partial charge in [0, 0.05) is 29.4 Å². The third kappa shape index (κ3) is 8.00. The number of ether oxygens (including phenoxy) is 9. The number of fused-ring (bicyclic) bond motifs is 3. The Morgan fingerprint density at radius 1 is 0.903 bits per heavy atom. The van der Waals surface area contributed by atoms with Crippen LogP contribution in [-0.2, 0) is 39.7 Å². The van der Waals surface area contributed by atoms with Crippen molar-refractivity contribution in [2.75, 3.05) is 13.7 Å². The molecule has 10 rings (SSSR count). The highest BCUT2D eigenvalue weighted by atomic mass is 16.8. The van der Waals surface area contributed by atoms with Crippen LogP contribution in [0.25, 0.3) is 6.08 Å². The number of hydrogen-bond acceptors (Lipinski definition) is 16. The molecule has 4 bridgehead atoms. The Morgan fingerprint density at radius 3 is 2.26 bits per heavy atom. The fourth-order valence-corrected chi connectivity index (χ4v) is 12.3. The maximum atomic E-state index is 16.2. The van der Waals surface area contributed by atoms with Gasteiger partial charge in [-0.2, -0.15) is 0 Å². The molecule has 17 heteroatoms. The summed E-state index contributed by atoms with van der Waals surface area (Å²) in [7, 11) is 2.87. The molecule has 2 aromatic carbocycles. The van der Waals surface area contributed by atoms with Crippen molar-refractivity contribution < 1.29 is 77.1 Å². The van der Waals surface area contributed by atoms with Crippen LogP contribution in [0.2, 0.25) is 5.31 Å². The van der Waals surface area contributed by atoms with Crippen LogP contribution in [0.5, 0.6) is 23.0 Å². The molecule has 3 saturated heterocycles. The monoisotopic (exact) mass is 994 g/mol. The third-order valence-electron chi connectivity index (χ3n) is 16.0. The van der Waals surface area contributed by atoms with Crippen LogP contribution in [0.4, 0.5) is 0 Å². The number of carbonyl (C=O) groups is 4. The summed E-state index contributed by atoms with van der Waals surface area (Å²) in [5, 5.41) is 32.7. The molecule has 6 fully saturated rings. The highest BCUT2D eigenvalue weighted by Crippen LogP contribution is 2.76. The van der Waals surface area contributed by atoms with Crippen molar-refractivity contribution >= 4 is 37.4 Å². The molecule has 1 spiro atoms. The van der Waals surface area contributed by atoms with Crippen molar-refractivity contribution in [3.8, 4) is 23.0 Å². The Labute approximate surface area is 421 Å². The first kappa shape index (κ1) is 51.8. The fraction of sp³-hybridized carbons (Fsp3) is 0.564. The zero-order valence-corrected chi connectivity index (χ0v) is 43.2. The minimum absolute atomic E-state index is 0.0414. The van der Waals surface area contributed by atoms with Crippen LogP contribution in [0.15, 0.2) is 65.3 Å². The van der Waals surface area contributed by atoms with Gasteiger partial charge in [0.05, 0.1) is 41.9 Å². The van der Waals surface area contributed by atoms with E-state index in [1.54, 1.807) is 40.8 Å². The van der Waals surface area contributed by atoms with Gasteiger partial charge in [-0.1, -0.05) is 29.4 Å². The van der Waals surface area contributed by atoms with Gasteiger partial charge in [-0.3, -0.25) is 9.59 Å². The summed E-state index contributed by atoms with van der Waals surface area (Å²) < 4.78 is 56.5. The third-order valence-corrected chi connectivity index (χ3v) is 16.0. The normalized spacial score (nSPS) is 35.3.